The fourth-order valence-corrected chi connectivity index (χ4v) is 1.74. The van der Waals surface area contributed by atoms with Crippen molar-refractivity contribution in [3.63, 3.8) is 0 Å². The third kappa shape index (κ3) is 7.37. The molecule has 5 heteroatoms. The Bertz CT molecular complexity index is 453. The molecular formula is C16H29N3O2. The first-order valence-electron chi connectivity index (χ1n) is 7.64. The van der Waals surface area contributed by atoms with Crippen LogP contribution in [0.1, 0.15) is 66.5 Å². The van der Waals surface area contributed by atoms with Crippen LogP contribution in [0.25, 0.3) is 0 Å². The zero-order valence-corrected chi connectivity index (χ0v) is 14.3. The van der Waals surface area contributed by atoms with E-state index in [9.17, 15) is 4.79 Å². The molecule has 0 atom stereocenters. The summed E-state index contributed by atoms with van der Waals surface area (Å²) >= 11 is 0. The number of aromatic nitrogens is 3. The highest BCUT2D eigenvalue weighted by atomic mass is 16.5. The number of carbonyl (C=O) groups excluding carboxylic acids is 1. The van der Waals surface area contributed by atoms with Crippen LogP contribution in [0.15, 0.2) is 6.20 Å². The normalized spacial score (nSPS) is 12.7. The first-order valence-corrected chi connectivity index (χ1v) is 7.64. The van der Waals surface area contributed by atoms with E-state index in [1.54, 1.807) is 0 Å². The van der Waals surface area contributed by atoms with Crippen LogP contribution in [0, 0.1) is 5.41 Å². The number of Topliss-reactive ketones (excluding diaryl/α,β-unsaturated/α-hetero) is 1. The number of nitrogens with zero attached hydrogens (tertiary/aromatic N) is 3. The summed E-state index contributed by atoms with van der Waals surface area (Å²) in [6, 6.07) is 0. The molecule has 0 saturated carbocycles. The quantitative estimate of drug-likeness (QED) is 0.724. The molecule has 0 aromatic carbocycles. The number of rotatable bonds is 7. The summed E-state index contributed by atoms with van der Waals surface area (Å²) in [5.41, 5.74) is 0.442. The van der Waals surface area contributed by atoms with Crippen LogP contribution >= 0.6 is 0 Å². The van der Waals surface area contributed by atoms with Crippen LogP contribution in [-0.2, 0) is 22.7 Å². The van der Waals surface area contributed by atoms with Gasteiger partial charge in [0, 0.05) is 18.4 Å². The summed E-state index contributed by atoms with van der Waals surface area (Å²) in [5.74, 6) is 0.320. The molecule has 0 unspecified atom stereocenters. The monoisotopic (exact) mass is 295 g/mol. The number of unbranched alkanes of at least 4 members (excludes halogenated alkanes) is 1. The Hall–Kier alpha value is -1.23. The minimum atomic E-state index is -0.231. The summed E-state index contributed by atoms with van der Waals surface area (Å²) in [6.07, 6.45) is 4.38. The van der Waals surface area contributed by atoms with Crippen molar-refractivity contribution >= 4 is 5.78 Å². The molecule has 21 heavy (non-hydrogen) atoms. The van der Waals surface area contributed by atoms with Gasteiger partial charge in [-0.25, -0.2) is 0 Å². The summed E-state index contributed by atoms with van der Waals surface area (Å²) < 4.78 is 7.49. The molecule has 120 valence electrons. The molecule has 0 N–H and O–H groups in total. The van der Waals surface area contributed by atoms with Crippen LogP contribution < -0.4 is 0 Å². The summed E-state index contributed by atoms with van der Waals surface area (Å²) in [6.45, 7) is 13.2. The van der Waals surface area contributed by atoms with Gasteiger partial charge >= 0.3 is 0 Å². The number of hydrogen-bond donors (Lipinski definition) is 0. The Kier molecular flexibility index (Phi) is 6.08. The van der Waals surface area contributed by atoms with Crippen LogP contribution in [0.2, 0.25) is 0 Å². The molecule has 5 nitrogen and oxygen atoms in total. The molecule has 0 bridgehead atoms. The maximum absolute atomic E-state index is 11.8. The van der Waals surface area contributed by atoms with Gasteiger partial charge in [-0.15, -0.1) is 5.10 Å². The third-order valence-corrected chi connectivity index (χ3v) is 3.12. The molecule has 1 aromatic rings. The highest BCUT2D eigenvalue weighted by Crippen LogP contribution is 2.18. The molecule has 0 radical (unpaired) electrons. The van der Waals surface area contributed by atoms with Gasteiger partial charge in [-0.2, -0.15) is 0 Å². The minimum Gasteiger partial charge on any atom is -0.369 e. The summed E-state index contributed by atoms with van der Waals surface area (Å²) in [7, 11) is 0. The molecule has 0 fully saturated rings. The van der Waals surface area contributed by atoms with E-state index < -0.39 is 0 Å². The van der Waals surface area contributed by atoms with E-state index in [4.69, 9.17) is 4.74 Å². The SMILES string of the molecule is CC(C)(C)OCc1cn(CCCCC(=O)C(C)(C)C)nn1. The number of hydrogen-bond acceptors (Lipinski definition) is 4. The lowest BCUT2D eigenvalue weighted by Crippen LogP contribution is -2.19. The van der Waals surface area contributed by atoms with E-state index in [0.29, 0.717) is 18.8 Å². The Balaban J connectivity index is 2.28. The van der Waals surface area contributed by atoms with Gasteiger partial charge in [0.2, 0.25) is 0 Å². The highest BCUT2D eigenvalue weighted by molar-refractivity contribution is 5.83. The first-order chi connectivity index (χ1) is 9.58. The van der Waals surface area contributed by atoms with E-state index in [1.165, 1.54) is 0 Å². The lowest BCUT2D eigenvalue weighted by molar-refractivity contribution is -0.126. The Morgan fingerprint density at radius 2 is 1.86 bits per heavy atom. The second-order valence-electron chi connectivity index (χ2n) is 7.50. The zero-order valence-electron chi connectivity index (χ0n) is 14.3. The van der Waals surface area contributed by atoms with Gasteiger partial charge in [0.15, 0.2) is 0 Å². The van der Waals surface area contributed by atoms with Gasteiger partial charge < -0.3 is 4.74 Å². The van der Waals surface area contributed by atoms with Crippen molar-refractivity contribution in [1.82, 2.24) is 15.0 Å². The average Bonchev–Trinajstić information content (AvgIpc) is 2.78. The van der Waals surface area contributed by atoms with Crippen molar-refractivity contribution < 1.29 is 9.53 Å². The van der Waals surface area contributed by atoms with Crippen LogP contribution in [0.5, 0.6) is 0 Å². The topological polar surface area (TPSA) is 57.0 Å². The maximum Gasteiger partial charge on any atom is 0.138 e. The van der Waals surface area contributed by atoms with E-state index in [-0.39, 0.29) is 11.0 Å². The predicted octanol–water partition coefficient (Wildman–Crippen LogP) is 3.38. The molecule has 1 aromatic heterocycles. The Labute approximate surface area is 128 Å². The molecule has 0 aliphatic rings. The Morgan fingerprint density at radius 3 is 2.43 bits per heavy atom. The van der Waals surface area contributed by atoms with Gasteiger partial charge in [-0.3, -0.25) is 9.48 Å². The molecule has 0 saturated heterocycles. The maximum atomic E-state index is 11.8. The van der Waals surface area contributed by atoms with Gasteiger partial charge in [0.25, 0.3) is 0 Å². The smallest absolute Gasteiger partial charge is 0.138 e. The predicted molar refractivity (Wildman–Crippen MR) is 82.9 cm³/mol. The molecule has 0 aliphatic heterocycles. The van der Waals surface area contributed by atoms with Crippen molar-refractivity contribution in [2.45, 2.75) is 79.6 Å². The molecule has 0 aliphatic carbocycles. The van der Waals surface area contributed by atoms with Gasteiger partial charge in [-0.1, -0.05) is 26.0 Å². The minimum absolute atomic E-state index is 0.170. The number of ether oxygens (including phenoxy) is 1. The van der Waals surface area contributed by atoms with E-state index in [2.05, 4.69) is 10.3 Å². The lowest BCUT2D eigenvalue weighted by atomic mass is 9.88. The van der Waals surface area contributed by atoms with Crippen molar-refractivity contribution in [2.24, 2.45) is 5.41 Å². The largest absolute Gasteiger partial charge is 0.369 e. The van der Waals surface area contributed by atoms with Crippen LogP contribution in [0.3, 0.4) is 0 Å². The lowest BCUT2D eigenvalue weighted by Gasteiger charge is -2.18. The molecule has 1 heterocycles. The van der Waals surface area contributed by atoms with Gasteiger partial charge in [-0.05, 0) is 33.6 Å². The molecule has 0 amide bonds. The third-order valence-electron chi connectivity index (χ3n) is 3.12. The number of aryl methyl sites for hydroxylation is 1. The average molecular weight is 295 g/mol. The zero-order chi connectivity index (χ0) is 16.1. The fraction of sp³-hybridized carbons (Fsp3) is 0.812. The second-order valence-corrected chi connectivity index (χ2v) is 7.50. The van der Waals surface area contributed by atoms with Gasteiger partial charge in [0.1, 0.15) is 11.5 Å². The highest BCUT2D eigenvalue weighted by Gasteiger charge is 2.20. The first kappa shape index (κ1) is 17.8. The molecule has 1 rings (SSSR count). The summed E-state index contributed by atoms with van der Waals surface area (Å²) in [4.78, 5) is 11.8. The molecule has 0 spiro atoms. The summed E-state index contributed by atoms with van der Waals surface area (Å²) in [5, 5.41) is 8.18. The van der Waals surface area contributed by atoms with Crippen molar-refractivity contribution in [1.29, 1.82) is 0 Å². The van der Waals surface area contributed by atoms with Gasteiger partial charge in [0.05, 0.1) is 18.4 Å². The molecular weight excluding hydrogens is 266 g/mol. The number of carbonyl (C=O) groups is 1. The van der Waals surface area contributed by atoms with Crippen molar-refractivity contribution in [3.8, 4) is 0 Å². The van der Waals surface area contributed by atoms with E-state index in [1.807, 2.05) is 52.4 Å². The number of ketones is 1. The van der Waals surface area contributed by atoms with E-state index >= 15 is 0 Å². The van der Waals surface area contributed by atoms with Crippen LogP contribution in [-0.4, -0.2) is 26.4 Å². The van der Waals surface area contributed by atoms with Crippen LogP contribution in [0.4, 0.5) is 0 Å². The Morgan fingerprint density at radius 1 is 1.19 bits per heavy atom. The van der Waals surface area contributed by atoms with Crippen molar-refractivity contribution in [2.75, 3.05) is 0 Å². The fourth-order valence-electron chi connectivity index (χ4n) is 1.74. The van der Waals surface area contributed by atoms with E-state index in [0.717, 1.165) is 25.1 Å². The van der Waals surface area contributed by atoms with Crippen molar-refractivity contribution in [3.05, 3.63) is 11.9 Å². The second kappa shape index (κ2) is 7.16. The standard InChI is InChI=1S/C16H29N3O2/c1-15(2,3)14(20)9-7-8-10-19-11-13(17-18-19)12-21-16(4,5)6/h11H,7-10,12H2,1-6H3.